The third kappa shape index (κ3) is 5.39. The number of ether oxygens (including phenoxy) is 1. The lowest BCUT2D eigenvalue weighted by Gasteiger charge is -2.18. The van der Waals surface area contributed by atoms with Crippen molar-refractivity contribution in [2.75, 3.05) is 0 Å². The van der Waals surface area contributed by atoms with Crippen molar-refractivity contribution < 1.29 is 18.3 Å². The van der Waals surface area contributed by atoms with Crippen LogP contribution in [0.3, 0.4) is 0 Å². The first-order chi connectivity index (χ1) is 8.69. The van der Waals surface area contributed by atoms with Crippen molar-refractivity contribution in [3.63, 3.8) is 0 Å². The molecule has 0 spiro atoms. The van der Waals surface area contributed by atoms with Crippen LogP contribution in [0.5, 0.6) is 0 Å². The summed E-state index contributed by atoms with van der Waals surface area (Å²) in [6, 6.07) is 4.00. The molecule has 0 bridgehead atoms. The van der Waals surface area contributed by atoms with Crippen LogP contribution in [-0.4, -0.2) is 11.6 Å². The smallest absolute Gasteiger partial charge is 0.331 e. The van der Waals surface area contributed by atoms with Gasteiger partial charge in [-0.2, -0.15) is 0 Å². The molecule has 0 saturated carbocycles. The summed E-state index contributed by atoms with van der Waals surface area (Å²) in [6.07, 6.45) is -0.236. The molecular weight excluding hydrogens is 274 g/mol. The summed E-state index contributed by atoms with van der Waals surface area (Å²) in [5.41, 5.74) is -0.598. The van der Waals surface area contributed by atoms with Gasteiger partial charge in [0.1, 0.15) is 5.60 Å². The number of carbonyl (C=O) groups is 1. The molecule has 0 N–H and O–H groups in total. The Morgan fingerprint density at radius 1 is 1.37 bits per heavy atom. The second-order valence-corrected chi connectivity index (χ2v) is 5.38. The van der Waals surface area contributed by atoms with Gasteiger partial charge in [0.15, 0.2) is 0 Å². The third-order valence-corrected chi connectivity index (χ3v) is 2.32. The molecule has 1 aromatic rings. The molecule has 0 unspecified atom stereocenters. The predicted octanol–water partition coefficient (Wildman–Crippen LogP) is 4.63. The van der Waals surface area contributed by atoms with E-state index in [1.807, 2.05) is 0 Å². The van der Waals surface area contributed by atoms with Crippen LogP contribution < -0.4 is 0 Å². The number of rotatable bonds is 3. The zero-order valence-corrected chi connectivity index (χ0v) is 11.7. The maximum atomic E-state index is 12.8. The zero-order valence-electron chi connectivity index (χ0n) is 10.9. The molecule has 0 amide bonds. The topological polar surface area (TPSA) is 26.3 Å². The van der Waals surface area contributed by atoms with E-state index in [1.54, 1.807) is 20.8 Å². The second kappa shape index (κ2) is 6.15. The Hall–Kier alpha value is -1.42. The van der Waals surface area contributed by atoms with Gasteiger partial charge in [-0.05, 0) is 44.5 Å². The van der Waals surface area contributed by atoms with Gasteiger partial charge >= 0.3 is 5.97 Å². The van der Waals surface area contributed by atoms with Gasteiger partial charge in [0.2, 0.25) is 0 Å². The van der Waals surface area contributed by atoms with Gasteiger partial charge in [-0.3, -0.25) is 0 Å². The van der Waals surface area contributed by atoms with Crippen LogP contribution in [0, 0.1) is 0 Å². The zero-order chi connectivity index (χ0) is 14.6. The van der Waals surface area contributed by atoms with Gasteiger partial charge in [-0.25, -0.2) is 13.6 Å². The monoisotopic (exact) mass is 288 g/mol. The Kier molecular flexibility index (Phi) is 5.06. The number of benzene rings is 1. The molecule has 0 atom stereocenters. The van der Waals surface area contributed by atoms with E-state index in [2.05, 4.69) is 0 Å². The Balaban J connectivity index is 2.92. The van der Waals surface area contributed by atoms with Crippen molar-refractivity contribution >= 4 is 23.6 Å². The minimum atomic E-state index is -2.63. The molecule has 1 rings (SSSR count). The highest BCUT2D eigenvalue weighted by molar-refractivity contribution is 6.30. The third-order valence-electron chi connectivity index (χ3n) is 2.09. The maximum Gasteiger partial charge on any atom is 0.331 e. The highest BCUT2D eigenvalue weighted by atomic mass is 35.5. The van der Waals surface area contributed by atoms with Crippen LogP contribution in [0.2, 0.25) is 5.02 Å². The molecule has 0 aliphatic heterocycles. The summed E-state index contributed by atoms with van der Waals surface area (Å²) in [6.45, 7) is 5.17. The number of hydrogen-bond acceptors (Lipinski definition) is 2. The Morgan fingerprint density at radius 3 is 2.53 bits per heavy atom. The Labute approximate surface area is 116 Å². The quantitative estimate of drug-likeness (QED) is 0.598. The molecule has 2 nitrogen and oxygen atoms in total. The van der Waals surface area contributed by atoms with Crippen LogP contribution >= 0.6 is 11.6 Å². The molecule has 0 fully saturated rings. The van der Waals surface area contributed by atoms with Gasteiger partial charge in [-0.1, -0.05) is 17.7 Å². The van der Waals surface area contributed by atoms with Crippen molar-refractivity contribution in [1.29, 1.82) is 0 Å². The summed E-state index contributed by atoms with van der Waals surface area (Å²) in [5, 5.41) is 0.327. The normalized spacial score (nSPS) is 12.2. The maximum absolute atomic E-state index is 12.8. The van der Waals surface area contributed by atoms with E-state index in [0.29, 0.717) is 5.02 Å². The van der Waals surface area contributed by atoms with Gasteiger partial charge in [-0.15, -0.1) is 0 Å². The van der Waals surface area contributed by atoms with E-state index in [1.165, 1.54) is 24.3 Å². The van der Waals surface area contributed by atoms with E-state index in [-0.39, 0.29) is 11.1 Å². The van der Waals surface area contributed by atoms with Crippen LogP contribution in [0.25, 0.3) is 6.08 Å². The molecule has 5 heteroatoms. The van der Waals surface area contributed by atoms with Gasteiger partial charge < -0.3 is 4.74 Å². The number of esters is 1. The largest absolute Gasteiger partial charge is 0.457 e. The van der Waals surface area contributed by atoms with Crippen molar-refractivity contribution in [3.8, 4) is 0 Å². The van der Waals surface area contributed by atoms with Crippen molar-refractivity contribution in [3.05, 3.63) is 40.4 Å². The molecule has 0 aliphatic carbocycles. The first-order valence-corrected chi connectivity index (χ1v) is 6.05. The summed E-state index contributed by atoms with van der Waals surface area (Å²) in [7, 11) is 0. The number of hydrogen-bond donors (Lipinski definition) is 0. The molecule has 104 valence electrons. The Morgan fingerprint density at radius 2 is 2.00 bits per heavy atom. The average molecular weight is 289 g/mol. The highest BCUT2D eigenvalue weighted by Gasteiger charge is 2.15. The lowest BCUT2D eigenvalue weighted by atomic mass is 10.1. The molecule has 0 heterocycles. The molecule has 0 aromatic heterocycles. The molecular formula is C14H15ClF2O2. The lowest BCUT2D eigenvalue weighted by molar-refractivity contribution is -0.148. The molecule has 19 heavy (non-hydrogen) atoms. The first kappa shape index (κ1) is 15.6. The van der Waals surface area contributed by atoms with Crippen LogP contribution in [0.15, 0.2) is 24.3 Å². The fourth-order valence-electron chi connectivity index (χ4n) is 1.38. The fraction of sp³-hybridized carbons (Fsp3) is 0.357. The van der Waals surface area contributed by atoms with Crippen molar-refractivity contribution in [2.45, 2.75) is 32.8 Å². The molecule has 0 aliphatic rings. The molecule has 1 aromatic carbocycles. The van der Waals surface area contributed by atoms with Crippen molar-refractivity contribution in [2.24, 2.45) is 0 Å². The van der Waals surface area contributed by atoms with E-state index < -0.39 is 18.0 Å². The number of carbonyl (C=O) groups excluding carboxylic acids is 1. The van der Waals surface area contributed by atoms with Crippen LogP contribution in [0.1, 0.15) is 38.3 Å². The summed E-state index contributed by atoms with van der Waals surface area (Å²) < 4.78 is 30.6. The van der Waals surface area contributed by atoms with E-state index >= 15 is 0 Å². The fourth-order valence-corrected chi connectivity index (χ4v) is 1.56. The van der Waals surface area contributed by atoms with Crippen molar-refractivity contribution in [1.82, 2.24) is 0 Å². The SMILES string of the molecule is CC(C)(C)OC(=O)C=Cc1cc(Cl)ccc1C(F)F. The summed E-state index contributed by atoms with van der Waals surface area (Å²) in [4.78, 5) is 11.5. The van der Waals surface area contributed by atoms with E-state index in [9.17, 15) is 13.6 Å². The van der Waals surface area contributed by atoms with Gasteiger partial charge in [0, 0.05) is 16.7 Å². The molecule has 0 radical (unpaired) electrons. The minimum Gasteiger partial charge on any atom is -0.457 e. The second-order valence-electron chi connectivity index (χ2n) is 4.94. The highest BCUT2D eigenvalue weighted by Crippen LogP contribution is 2.26. The van der Waals surface area contributed by atoms with Gasteiger partial charge in [0.05, 0.1) is 0 Å². The minimum absolute atomic E-state index is 0.177. The Bertz CT molecular complexity index is 491. The molecule has 0 saturated heterocycles. The van der Waals surface area contributed by atoms with Crippen LogP contribution in [-0.2, 0) is 9.53 Å². The van der Waals surface area contributed by atoms with E-state index in [4.69, 9.17) is 16.3 Å². The average Bonchev–Trinajstić information content (AvgIpc) is 2.23. The predicted molar refractivity (Wildman–Crippen MR) is 71.3 cm³/mol. The number of alkyl halides is 2. The lowest BCUT2D eigenvalue weighted by Crippen LogP contribution is -2.22. The van der Waals surface area contributed by atoms with Gasteiger partial charge in [0.25, 0.3) is 6.43 Å². The number of halogens is 3. The first-order valence-electron chi connectivity index (χ1n) is 5.68. The standard InChI is InChI=1S/C14H15ClF2O2/c1-14(2,3)19-12(18)7-4-9-8-10(15)5-6-11(9)13(16)17/h4-8,13H,1-3H3. The summed E-state index contributed by atoms with van der Waals surface area (Å²) in [5.74, 6) is -0.590. The van der Waals surface area contributed by atoms with E-state index in [0.717, 1.165) is 6.08 Å². The van der Waals surface area contributed by atoms with Crippen LogP contribution in [0.4, 0.5) is 8.78 Å². The summed E-state index contributed by atoms with van der Waals surface area (Å²) >= 11 is 5.75.